The molecule has 0 aromatic heterocycles. The van der Waals surface area contributed by atoms with E-state index < -0.39 is 5.97 Å². The van der Waals surface area contributed by atoms with Crippen LogP contribution in [0.4, 0.5) is 0 Å². The quantitative estimate of drug-likeness (QED) is 0.0946. The Hall–Kier alpha value is -2.11. The minimum absolute atomic E-state index is 0.108. The molecule has 0 radical (unpaired) electrons. The predicted octanol–water partition coefficient (Wildman–Crippen LogP) is 6.88. The molecule has 0 saturated carbocycles. The van der Waals surface area contributed by atoms with Gasteiger partial charge >= 0.3 is 11.9 Å². The van der Waals surface area contributed by atoms with Crippen LogP contribution in [-0.2, 0) is 19.1 Å². The number of hydrogen-bond donors (Lipinski definition) is 2. The monoisotopic (exact) mass is 479 g/mol. The van der Waals surface area contributed by atoms with Crippen molar-refractivity contribution in [3.8, 4) is 0 Å². The highest BCUT2D eigenvalue weighted by atomic mass is 16.5. The average molecular weight is 480 g/mol. The van der Waals surface area contributed by atoms with Crippen LogP contribution in [0.1, 0.15) is 123 Å². The highest BCUT2D eigenvalue weighted by molar-refractivity contribution is 5.80. The van der Waals surface area contributed by atoms with Gasteiger partial charge in [0.2, 0.25) is 5.91 Å². The van der Waals surface area contributed by atoms with Crippen LogP contribution in [0.25, 0.3) is 0 Å². The molecule has 0 fully saturated rings. The van der Waals surface area contributed by atoms with Crippen LogP contribution < -0.4 is 5.32 Å². The predicted molar refractivity (Wildman–Crippen MR) is 139 cm³/mol. The Bertz CT molecular complexity index is 585. The van der Waals surface area contributed by atoms with Gasteiger partial charge in [-0.3, -0.25) is 14.4 Å². The largest absolute Gasteiger partial charge is 0.480 e. The molecule has 2 N–H and O–H groups in total. The number of ether oxygens (including phenoxy) is 1. The standard InChI is InChI=1S/C28H49NO5/c1-3-5-7-8-9-10-11-12-13-19-23-28(33)34-25(20-16-6-4-2)21-17-14-15-18-22-26(30)29-24-27(31)32/h7-8,16,20,25H,3-6,9-15,17-19,21-24H2,1-2H3,(H,29,30)(H,31,32)/b8-7-,20-16-. The summed E-state index contributed by atoms with van der Waals surface area (Å²) >= 11 is 0. The van der Waals surface area contributed by atoms with Crippen molar-refractivity contribution >= 4 is 17.8 Å². The Morgan fingerprint density at radius 1 is 0.765 bits per heavy atom. The molecule has 6 heteroatoms. The summed E-state index contributed by atoms with van der Waals surface area (Å²) in [5.41, 5.74) is 0. The van der Waals surface area contributed by atoms with Gasteiger partial charge in [-0.15, -0.1) is 0 Å². The van der Waals surface area contributed by atoms with Crippen molar-refractivity contribution in [3.63, 3.8) is 0 Å². The molecule has 0 rings (SSSR count). The van der Waals surface area contributed by atoms with Crippen LogP contribution in [0.5, 0.6) is 0 Å². The Morgan fingerprint density at radius 3 is 2.06 bits per heavy atom. The van der Waals surface area contributed by atoms with Crippen LogP contribution in [0, 0.1) is 0 Å². The Balaban J connectivity index is 3.99. The summed E-state index contributed by atoms with van der Waals surface area (Å²) < 4.78 is 5.72. The van der Waals surface area contributed by atoms with E-state index in [0.717, 1.165) is 64.2 Å². The van der Waals surface area contributed by atoms with Crippen molar-refractivity contribution in [2.45, 2.75) is 129 Å². The molecule has 0 aliphatic rings. The fourth-order valence-corrected chi connectivity index (χ4v) is 3.55. The molecule has 6 nitrogen and oxygen atoms in total. The Kier molecular flexibility index (Phi) is 22.5. The van der Waals surface area contributed by atoms with Gasteiger partial charge in [-0.1, -0.05) is 77.0 Å². The Morgan fingerprint density at radius 2 is 1.35 bits per heavy atom. The first-order chi connectivity index (χ1) is 16.5. The molecule has 34 heavy (non-hydrogen) atoms. The van der Waals surface area contributed by atoms with Gasteiger partial charge in [-0.25, -0.2) is 0 Å². The van der Waals surface area contributed by atoms with Gasteiger partial charge in [0.25, 0.3) is 0 Å². The molecule has 0 aromatic carbocycles. The van der Waals surface area contributed by atoms with Crippen LogP contribution in [-0.4, -0.2) is 35.6 Å². The number of rotatable bonds is 23. The van der Waals surface area contributed by atoms with Crippen molar-refractivity contribution < 1.29 is 24.2 Å². The van der Waals surface area contributed by atoms with E-state index in [9.17, 15) is 14.4 Å². The zero-order valence-electron chi connectivity index (χ0n) is 21.7. The first-order valence-corrected chi connectivity index (χ1v) is 13.5. The third-order valence-corrected chi connectivity index (χ3v) is 5.54. The first kappa shape index (κ1) is 31.9. The molecule has 0 aliphatic carbocycles. The van der Waals surface area contributed by atoms with Crippen molar-refractivity contribution in [3.05, 3.63) is 24.3 Å². The molecule has 1 amide bonds. The van der Waals surface area contributed by atoms with E-state index in [2.05, 4.69) is 37.4 Å². The maximum Gasteiger partial charge on any atom is 0.322 e. The molecule has 0 aromatic rings. The van der Waals surface area contributed by atoms with E-state index in [0.29, 0.717) is 12.8 Å². The lowest BCUT2D eigenvalue weighted by molar-refractivity contribution is -0.147. The van der Waals surface area contributed by atoms with E-state index in [1.165, 1.54) is 32.1 Å². The first-order valence-electron chi connectivity index (χ1n) is 13.5. The fourth-order valence-electron chi connectivity index (χ4n) is 3.55. The second-order valence-electron chi connectivity index (χ2n) is 8.94. The lowest BCUT2D eigenvalue weighted by Gasteiger charge is -2.15. The third kappa shape index (κ3) is 23.1. The fraction of sp³-hybridized carbons (Fsp3) is 0.750. The van der Waals surface area contributed by atoms with Crippen LogP contribution in [0.3, 0.4) is 0 Å². The van der Waals surface area contributed by atoms with E-state index >= 15 is 0 Å². The molecule has 0 aliphatic heterocycles. The molecular formula is C28H49NO5. The second-order valence-corrected chi connectivity index (χ2v) is 8.94. The van der Waals surface area contributed by atoms with Gasteiger partial charge in [0.15, 0.2) is 0 Å². The smallest absolute Gasteiger partial charge is 0.322 e. The van der Waals surface area contributed by atoms with Gasteiger partial charge < -0.3 is 15.2 Å². The van der Waals surface area contributed by atoms with Crippen LogP contribution in [0.15, 0.2) is 24.3 Å². The summed E-state index contributed by atoms with van der Waals surface area (Å²) in [5, 5.41) is 10.9. The number of nitrogens with one attached hydrogen (secondary N) is 1. The third-order valence-electron chi connectivity index (χ3n) is 5.54. The number of esters is 1. The zero-order chi connectivity index (χ0) is 25.3. The van der Waals surface area contributed by atoms with Crippen LogP contribution in [0.2, 0.25) is 0 Å². The second kappa shape index (κ2) is 24.0. The number of carbonyl (C=O) groups excluding carboxylic acids is 2. The van der Waals surface area contributed by atoms with Gasteiger partial charge in [0.1, 0.15) is 12.6 Å². The highest BCUT2D eigenvalue weighted by Gasteiger charge is 2.11. The maximum atomic E-state index is 12.3. The van der Waals surface area contributed by atoms with Gasteiger partial charge in [-0.2, -0.15) is 0 Å². The van der Waals surface area contributed by atoms with E-state index in [-0.39, 0.29) is 24.5 Å². The highest BCUT2D eigenvalue weighted by Crippen LogP contribution is 2.14. The number of carbonyl (C=O) groups is 3. The molecule has 0 saturated heterocycles. The summed E-state index contributed by atoms with van der Waals surface area (Å²) in [6.07, 6.45) is 24.8. The van der Waals surface area contributed by atoms with E-state index in [1.807, 2.05) is 6.08 Å². The Labute approximate surface area is 207 Å². The number of carboxylic acids is 1. The van der Waals surface area contributed by atoms with Gasteiger partial charge in [0, 0.05) is 12.8 Å². The molecule has 0 spiro atoms. The summed E-state index contributed by atoms with van der Waals surface area (Å²) in [7, 11) is 0. The normalized spacial score (nSPS) is 12.3. The summed E-state index contributed by atoms with van der Waals surface area (Å²) in [6.45, 7) is 3.99. The van der Waals surface area contributed by atoms with Crippen molar-refractivity contribution in [1.29, 1.82) is 0 Å². The molecule has 1 unspecified atom stereocenters. The molecule has 196 valence electrons. The molecular weight excluding hydrogens is 430 g/mol. The lowest BCUT2D eigenvalue weighted by Crippen LogP contribution is -2.28. The van der Waals surface area contributed by atoms with E-state index in [1.54, 1.807) is 0 Å². The number of unbranched alkanes of at least 4 members (excludes halogenated alkanes) is 10. The maximum absolute atomic E-state index is 12.3. The topological polar surface area (TPSA) is 92.7 Å². The minimum atomic E-state index is -1.03. The summed E-state index contributed by atoms with van der Waals surface area (Å²) in [5.74, 6) is -1.36. The SMILES string of the molecule is CCC/C=C\CCCCCCCC(=O)OC(/C=C\CCC)CCCCCCC(=O)NCC(=O)O. The van der Waals surface area contributed by atoms with E-state index in [4.69, 9.17) is 9.84 Å². The number of allylic oxidation sites excluding steroid dienone is 3. The number of amides is 1. The average Bonchev–Trinajstić information content (AvgIpc) is 2.81. The number of carboxylic acid groups (broad SMARTS) is 1. The number of hydrogen-bond acceptors (Lipinski definition) is 4. The van der Waals surface area contributed by atoms with Crippen molar-refractivity contribution in [2.75, 3.05) is 6.54 Å². The van der Waals surface area contributed by atoms with Gasteiger partial charge in [0.05, 0.1) is 0 Å². The molecule has 1 atom stereocenters. The summed E-state index contributed by atoms with van der Waals surface area (Å²) in [4.78, 5) is 34.3. The van der Waals surface area contributed by atoms with Gasteiger partial charge in [-0.05, 0) is 57.4 Å². The van der Waals surface area contributed by atoms with Crippen molar-refractivity contribution in [1.82, 2.24) is 5.32 Å². The lowest BCUT2D eigenvalue weighted by atomic mass is 10.1. The number of aliphatic carboxylic acids is 1. The zero-order valence-corrected chi connectivity index (χ0v) is 21.7. The molecule has 0 bridgehead atoms. The summed E-state index contributed by atoms with van der Waals surface area (Å²) in [6, 6.07) is 0. The van der Waals surface area contributed by atoms with Crippen LogP contribution >= 0.6 is 0 Å². The van der Waals surface area contributed by atoms with Crippen molar-refractivity contribution in [2.24, 2.45) is 0 Å². The molecule has 0 heterocycles. The minimum Gasteiger partial charge on any atom is -0.480 e.